The minimum Gasteiger partial charge on any atom is -0.300 e. The fourth-order valence-corrected chi connectivity index (χ4v) is 2.37. The van der Waals surface area contributed by atoms with E-state index in [2.05, 4.69) is 29.4 Å². The first-order valence-electron chi connectivity index (χ1n) is 6.63. The van der Waals surface area contributed by atoms with Crippen LogP contribution in [0.15, 0.2) is 24.5 Å². The Labute approximate surface area is 122 Å². The van der Waals surface area contributed by atoms with Gasteiger partial charge in [0.1, 0.15) is 5.01 Å². The Kier molecular flexibility index (Phi) is 4.79. The predicted octanol–water partition coefficient (Wildman–Crippen LogP) is 2.29. The van der Waals surface area contributed by atoms with Gasteiger partial charge >= 0.3 is 0 Å². The number of hydrogen-bond donors (Lipinski definition) is 1. The molecular formula is C14H19N4OS+. The lowest BCUT2D eigenvalue weighted by Gasteiger charge is -1.99. The van der Waals surface area contributed by atoms with Crippen molar-refractivity contribution in [3.8, 4) is 0 Å². The van der Waals surface area contributed by atoms with Crippen LogP contribution in [-0.4, -0.2) is 16.1 Å². The number of rotatable bonds is 5. The molecule has 2 heterocycles. The summed E-state index contributed by atoms with van der Waals surface area (Å²) in [7, 11) is 0. The molecule has 0 aromatic carbocycles. The van der Waals surface area contributed by atoms with Gasteiger partial charge in [0.05, 0.1) is 6.42 Å². The number of nitrogens with one attached hydrogen (secondary N) is 1. The van der Waals surface area contributed by atoms with Gasteiger partial charge in [0.2, 0.25) is 11.0 Å². The first-order chi connectivity index (χ1) is 9.54. The van der Waals surface area contributed by atoms with Gasteiger partial charge in [-0.25, -0.2) is 4.57 Å². The van der Waals surface area contributed by atoms with Gasteiger partial charge in [-0.1, -0.05) is 25.2 Å². The van der Waals surface area contributed by atoms with Gasteiger partial charge in [-0.3, -0.25) is 4.79 Å². The largest absolute Gasteiger partial charge is 0.300 e. The molecule has 0 aliphatic carbocycles. The first kappa shape index (κ1) is 14.6. The van der Waals surface area contributed by atoms with Gasteiger partial charge in [-0.05, 0) is 12.5 Å². The number of anilines is 1. The summed E-state index contributed by atoms with van der Waals surface area (Å²) in [5.74, 6) is 0.297. The Morgan fingerprint density at radius 3 is 2.65 bits per heavy atom. The number of carbonyl (C=O) groups is 1. The monoisotopic (exact) mass is 291 g/mol. The second kappa shape index (κ2) is 6.56. The van der Waals surface area contributed by atoms with Gasteiger partial charge in [0.25, 0.3) is 0 Å². The zero-order valence-corrected chi connectivity index (χ0v) is 12.8. The van der Waals surface area contributed by atoms with Crippen LogP contribution in [-0.2, 0) is 11.3 Å². The highest BCUT2D eigenvalue weighted by Gasteiger charge is 2.11. The lowest BCUT2D eigenvalue weighted by Crippen LogP contribution is -2.34. The number of aryl methyl sites for hydroxylation is 2. The first-order valence-corrected chi connectivity index (χ1v) is 7.45. The van der Waals surface area contributed by atoms with Crippen LogP contribution in [0.4, 0.5) is 5.13 Å². The van der Waals surface area contributed by atoms with Crippen LogP contribution in [0, 0.1) is 6.92 Å². The highest BCUT2D eigenvalue weighted by molar-refractivity contribution is 7.15. The molecule has 0 spiro atoms. The molecule has 1 N–H and O–H groups in total. The molecule has 0 bridgehead atoms. The van der Waals surface area contributed by atoms with Crippen molar-refractivity contribution in [3.05, 3.63) is 35.1 Å². The third kappa shape index (κ3) is 4.09. The van der Waals surface area contributed by atoms with Gasteiger partial charge in [0.15, 0.2) is 18.9 Å². The lowest BCUT2D eigenvalue weighted by atomic mass is 10.2. The molecule has 20 heavy (non-hydrogen) atoms. The van der Waals surface area contributed by atoms with Crippen LogP contribution >= 0.6 is 11.3 Å². The highest BCUT2D eigenvalue weighted by atomic mass is 32.1. The molecular weight excluding hydrogens is 272 g/mol. The topological polar surface area (TPSA) is 58.8 Å². The average Bonchev–Trinajstić information content (AvgIpc) is 2.87. The molecule has 2 aromatic heterocycles. The van der Waals surface area contributed by atoms with Crippen LogP contribution in [0.2, 0.25) is 0 Å². The highest BCUT2D eigenvalue weighted by Crippen LogP contribution is 2.22. The Morgan fingerprint density at radius 1 is 1.35 bits per heavy atom. The Hall–Kier alpha value is -1.82. The standard InChI is InChI=1S/C14H18N4OS/c1-10(2)13-16-17-14(20-13)15-12(19)6-9-18-7-4-11(3)5-8-18/h4-5,7-8,10H,6,9H2,1-3H3/p+1. The molecule has 0 radical (unpaired) electrons. The summed E-state index contributed by atoms with van der Waals surface area (Å²) < 4.78 is 1.99. The van der Waals surface area contributed by atoms with Gasteiger partial charge < -0.3 is 5.32 Å². The van der Waals surface area contributed by atoms with Crippen LogP contribution < -0.4 is 9.88 Å². The fraction of sp³-hybridized carbons (Fsp3) is 0.429. The van der Waals surface area contributed by atoms with E-state index in [1.54, 1.807) is 0 Å². The van der Waals surface area contributed by atoms with Crippen molar-refractivity contribution in [2.75, 3.05) is 5.32 Å². The van der Waals surface area contributed by atoms with E-state index < -0.39 is 0 Å². The Morgan fingerprint density at radius 2 is 2.05 bits per heavy atom. The Bertz CT molecular complexity index is 577. The fourth-order valence-electron chi connectivity index (χ4n) is 1.61. The van der Waals surface area contributed by atoms with Crippen molar-refractivity contribution >= 4 is 22.4 Å². The van der Waals surface area contributed by atoms with Crippen LogP contribution in [0.5, 0.6) is 0 Å². The molecule has 1 amide bonds. The molecule has 5 nitrogen and oxygen atoms in total. The molecule has 0 saturated carbocycles. The molecule has 2 rings (SSSR count). The van der Waals surface area contributed by atoms with Crippen molar-refractivity contribution in [2.24, 2.45) is 0 Å². The molecule has 0 atom stereocenters. The molecule has 0 unspecified atom stereocenters. The summed E-state index contributed by atoms with van der Waals surface area (Å²) in [5, 5.41) is 12.3. The molecule has 0 fully saturated rings. The second-order valence-corrected chi connectivity index (χ2v) is 6.02. The normalized spacial score (nSPS) is 10.8. The zero-order valence-electron chi connectivity index (χ0n) is 12.0. The van der Waals surface area contributed by atoms with E-state index in [1.165, 1.54) is 16.9 Å². The maximum absolute atomic E-state index is 11.8. The molecule has 106 valence electrons. The van der Waals surface area contributed by atoms with E-state index in [0.29, 0.717) is 24.0 Å². The molecule has 0 aliphatic heterocycles. The van der Waals surface area contributed by atoms with Gasteiger partial charge in [-0.15, -0.1) is 10.2 Å². The number of pyridine rings is 1. The summed E-state index contributed by atoms with van der Waals surface area (Å²) in [6.07, 6.45) is 4.37. The smallest absolute Gasteiger partial charge is 0.232 e. The summed E-state index contributed by atoms with van der Waals surface area (Å²) >= 11 is 1.43. The molecule has 6 heteroatoms. The van der Waals surface area contributed by atoms with Crippen molar-refractivity contribution in [1.82, 2.24) is 10.2 Å². The second-order valence-electron chi connectivity index (χ2n) is 5.01. The van der Waals surface area contributed by atoms with E-state index in [0.717, 1.165) is 5.01 Å². The molecule has 0 aliphatic rings. The predicted molar refractivity (Wildman–Crippen MR) is 78.6 cm³/mol. The van der Waals surface area contributed by atoms with Gasteiger partial charge in [0, 0.05) is 18.1 Å². The van der Waals surface area contributed by atoms with E-state index in [4.69, 9.17) is 0 Å². The summed E-state index contributed by atoms with van der Waals surface area (Å²) in [5.41, 5.74) is 1.21. The minimum atomic E-state index is -0.0375. The number of nitrogens with zero attached hydrogens (tertiary/aromatic N) is 3. The average molecular weight is 291 g/mol. The zero-order chi connectivity index (χ0) is 14.5. The van der Waals surface area contributed by atoms with Crippen LogP contribution in [0.1, 0.15) is 36.8 Å². The number of carbonyl (C=O) groups excluding carboxylic acids is 1. The minimum absolute atomic E-state index is 0.0375. The summed E-state index contributed by atoms with van der Waals surface area (Å²) in [6.45, 7) is 6.81. The summed E-state index contributed by atoms with van der Waals surface area (Å²) in [6, 6.07) is 4.05. The Balaban J connectivity index is 1.84. The molecule has 2 aromatic rings. The number of aromatic nitrogens is 3. The van der Waals surface area contributed by atoms with Crippen LogP contribution in [0.3, 0.4) is 0 Å². The number of amides is 1. The van der Waals surface area contributed by atoms with Crippen molar-refractivity contribution in [2.45, 2.75) is 39.7 Å². The quantitative estimate of drug-likeness (QED) is 0.860. The van der Waals surface area contributed by atoms with E-state index in [-0.39, 0.29) is 5.91 Å². The lowest BCUT2D eigenvalue weighted by molar-refractivity contribution is -0.695. The number of hydrogen-bond acceptors (Lipinski definition) is 4. The SMILES string of the molecule is Cc1cc[n+](CCC(=O)Nc2nnc(C(C)C)s2)cc1. The van der Waals surface area contributed by atoms with Crippen LogP contribution in [0.25, 0.3) is 0 Å². The van der Waals surface area contributed by atoms with Gasteiger partial charge in [-0.2, -0.15) is 0 Å². The van der Waals surface area contributed by atoms with E-state index in [1.807, 2.05) is 36.0 Å². The van der Waals surface area contributed by atoms with Crippen molar-refractivity contribution in [3.63, 3.8) is 0 Å². The van der Waals surface area contributed by atoms with Crippen molar-refractivity contribution in [1.29, 1.82) is 0 Å². The maximum Gasteiger partial charge on any atom is 0.232 e. The van der Waals surface area contributed by atoms with E-state index in [9.17, 15) is 4.79 Å². The third-order valence-electron chi connectivity index (χ3n) is 2.84. The third-order valence-corrected chi connectivity index (χ3v) is 3.98. The maximum atomic E-state index is 11.8. The summed E-state index contributed by atoms with van der Waals surface area (Å²) in [4.78, 5) is 11.8. The molecule has 0 saturated heterocycles. The van der Waals surface area contributed by atoms with E-state index >= 15 is 0 Å². The van der Waals surface area contributed by atoms with Crippen molar-refractivity contribution < 1.29 is 9.36 Å².